The predicted molar refractivity (Wildman–Crippen MR) is 57.9 cm³/mol. The van der Waals surface area contributed by atoms with Crippen molar-refractivity contribution < 1.29 is 5.11 Å². The zero-order chi connectivity index (χ0) is 9.84. The lowest BCUT2D eigenvalue weighted by atomic mass is 10.1. The molecule has 3 heteroatoms. The third-order valence-corrected chi connectivity index (χ3v) is 2.44. The van der Waals surface area contributed by atoms with Crippen molar-refractivity contribution in [2.75, 3.05) is 7.05 Å². The highest BCUT2D eigenvalue weighted by molar-refractivity contribution is 9.10. The lowest BCUT2D eigenvalue weighted by molar-refractivity contribution is 0.459. The highest BCUT2D eigenvalue weighted by Gasteiger charge is 2.06. The lowest BCUT2D eigenvalue weighted by Gasteiger charge is -2.09. The fraction of sp³-hybridized carbons (Fsp3) is 0.400. The molecule has 0 saturated carbocycles. The molecule has 1 rings (SSSR count). The summed E-state index contributed by atoms with van der Waals surface area (Å²) in [7, 11) is 1.87. The van der Waals surface area contributed by atoms with Gasteiger partial charge in [0.25, 0.3) is 0 Å². The number of halogens is 1. The number of aryl methyl sites for hydroxylation is 1. The van der Waals surface area contributed by atoms with E-state index in [4.69, 9.17) is 0 Å². The molecule has 2 N–H and O–H groups in total. The molecule has 0 atom stereocenters. The highest BCUT2D eigenvalue weighted by Crippen LogP contribution is 2.27. The maximum Gasteiger partial charge on any atom is 0.123 e. The number of hydrogen-bond acceptors (Lipinski definition) is 2. The maximum absolute atomic E-state index is 9.78. The van der Waals surface area contributed by atoms with E-state index in [1.165, 1.54) is 0 Å². The van der Waals surface area contributed by atoms with Crippen LogP contribution in [-0.2, 0) is 13.0 Å². The Bertz CT molecular complexity index is 299. The molecule has 72 valence electrons. The van der Waals surface area contributed by atoms with Crippen molar-refractivity contribution >= 4 is 15.9 Å². The van der Waals surface area contributed by atoms with E-state index in [0.29, 0.717) is 12.3 Å². The molecule has 1 aromatic carbocycles. The van der Waals surface area contributed by atoms with Crippen molar-refractivity contribution in [1.29, 1.82) is 0 Å². The van der Waals surface area contributed by atoms with E-state index in [0.717, 1.165) is 22.0 Å². The van der Waals surface area contributed by atoms with Gasteiger partial charge in [0.15, 0.2) is 0 Å². The molecule has 0 saturated heterocycles. The molecule has 0 aliphatic heterocycles. The molecule has 0 aromatic heterocycles. The zero-order valence-corrected chi connectivity index (χ0v) is 9.48. The van der Waals surface area contributed by atoms with Crippen LogP contribution in [0, 0.1) is 0 Å². The molecule has 2 nitrogen and oxygen atoms in total. The van der Waals surface area contributed by atoms with Crippen LogP contribution in [0.5, 0.6) is 5.75 Å². The number of phenolic OH excluding ortho intramolecular Hbond substituents is 1. The number of aromatic hydroxyl groups is 1. The summed E-state index contributed by atoms with van der Waals surface area (Å²) in [5, 5.41) is 12.8. The molecule has 0 fully saturated rings. The number of hydrogen-bond donors (Lipinski definition) is 2. The standard InChI is InChI=1S/C10H14BrNO/c1-3-7-4-9(11)5-8(6-12-2)10(7)13/h4-5,12-13H,3,6H2,1-2H3. The Morgan fingerprint density at radius 2 is 2.00 bits per heavy atom. The molecule has 0 unspecified atom stereocenters. The van der Waals surface area contributed by atoms with Crippen LogP contribution in [0.1, 0.15) is 18.1 Å². The van der Waals surface area contributed by atoms with Crippen LogP contribution in [0.2, 0.25) is 0 Å². The quantitative estimate of drug-likeness (QED) is 0.855. The minimum Gasteiger partial charge on any atom is -0.507 e. The van der Waals surface area contributed by atoms with Crippen molar-refractivity contribution in [2.45, 2.75) is 19.9 Å². The first-order valence-corrected chi connectivity index (χ1v) is 5.13. The van der Waals surface area contributed by atoms with Crippen molar-refractivity contribution in [3.63, 3.8) is 0 Å². The average molecular weight is 244 g/mol. The molecule has 1 aromatic rings. The van der Waals surface area contributed by atoms with Gasteiger partial charge in [0.1, 0.15) is 5.75 Å². The van der Waals surface area contributed by atoms with Crippen molar-refractivity contribution in [2.24, 2.45) is 0 Å². The normalized spacial score (nSPS) is 10.4. The van der Waals surface area contributed by atoms with Crippen LogP contribution in [0.4, 0.5) is 0 Å². The van der Waals surface area contributed by atoms with Gasteiger partial charge in [0, 0.05) is 16.6 Å². The van der Waals surface area contributed by atoms with Gasteiger partial charge in [-0.05, 0) is 31.2 Å². The molecule has 0 spiro atoms. The monoisotopic (exact) mass is 243 g/mol. The van der Waals surface area contributed by atoms with Crippen molar-refractivity contribution in [1.82, 2.24) is 5.32 Å². The number of rotatable bonds is 3. The lowest BCUT2D eigenvalue weighted by Crippen LogP contribution is -2.06. The summed E-state index contributed by atoms with van der Waals surface area (Å²) in [6.07, 6.45) is 0.849. The van der Waals surface area contributed by atoms with Gasteiger partial charge in [0.05, 0.1) is 0 Å². The molecule has 0 radical (unpaired) electrons. The third-order valence-electron chi connectivity index (χ3n) is 1.98. The summed E-state index contributed by atoms with van der Waals surface area (Å²) in [6, 6.07) is 3.89. The Kier molecular flexibility index (Phi) is 3.75. The van der Waals surface area contributed by atoms with E-state index < -0.39 is 0 Å². The van der Waals surface area contributed by atoms with Crippen LogP contribution in [-0.4, -0.2) is 12.2 Å². The molecule has 0 bridgehead atoms. The molecule has 0 amide bonds. The first-order valence-electron chi connectivity index (χ1n) is 4.34. The van der Waals surface area contributed by atoms with Gasteiger partial charge in [-0.2, -0.15) is 0 Å². The molecular formula is C10H14BrNO. The van der Waals surface area contributed by atoms with Gasteiger partial charge < -0.3 is 10.4 Å². The maximum atomic E-state index is 9.78. The SMILES string of the molecule is CCc1cc(Br)cc(CNC)c1O. The topological polar surface area (TPSA) is 32.3 Å². The van der Waals surface area contributed by atoms with Crippen LogP contribution in [0.15, 0.2) is 16.6 Å². The fourth-order valence-electron chi connectivity index (χ4n) is 1.31. The predicted octanol–water partition coefficient (Wildman–Crippen LogP) is 2.44. The fourth-order valence-corrected chi connectivity index (χ4v) is 1.86. The van der Waals surface area contributed by atoms with Crippen LogP contribution in [0.3, 0.4) is 0 Å². The first-order chi connectivity index (χ1) is 6.19. The Labute approximate surface area is 87.1 Å². The second-order valence-electron chi connectivity index (χ2n) is 2.96. The molecule has 0 heterocycles. The molecular weight excluding hydrogens is 230 g/mol. The zero-order valence-electron chi connectivity index (χ0n) is 7.89. The smallest absolute Gasteiger partial charge is 0.123 e. The second kappa shape index (κ2) is 4.63. The summed E-state index contributed by atoms with van der Waals surface area (Å²) in [5.41, 5.74) is 1.92. The van der Waals surface area contributed by atoms with Gasteiger partial charge in [-0.1, -0.05) is 22.9 Å². The van der Waals surface area contributed by atoms with Crippen LogP contribution >= 0.6 is 15.9 Å². The Hall–Kier alpha value is -0.540. The van der Waals surface area contributed by atoms with E-state index >= 15 is 0 Å². The molecule has 13 heavy (non-hydrogen) atoms. The minimum absolute atomic E-state index is 0.417. The molecule has 0 aliphatic carbocycles. The largest absolute Gasteiger partial charge is 0.507 e. The van der Waals surface area contributed by atoms with E-state index in [1.54, 1.807) is 0 Å². The van der Waals surface area contributed by atoms with E-state index in [2.05, 4.69) is 21.2 Å². The van der Waals surface area contributed by atoms with E-state index in [-0.39, 0.29) is 0 Å². The van der Waals surface area contributed by atoms with Crippen LogP contribution < -0.4 is 5.32 Å². The summed E-state index contributed by atoms with van der Waals surface area (Å²) >= 11 is 3.42. The number of nitrogens with one attached hydrogen (secondary N) is 1. The summed E-state index contributed by atoms with van der Waals surface area (Å²) in [4.78, 5) is 0. The van der Waals surface area contributed by atoms with Gasteiger partial charge >= 0.3 is 0 Å². The number of benzene rings is 1. The Morgan fingerprint density at radius 1 is 1.38 bits per heavy atom. The average Bonchev–Trinajstić information content (AvgIpc) is 2.11. The first kappa shape index (κ1) is 10.5. The minimum atomic E-state index is 0.417. The second-order valence-corrected chi connectivity index (χ2v) is 3.87. The molecule has 0 aliphatic rings. The van der Waals surface area contributed by atoms with Crippen LogP contribution in [0.25, 0.3) is 0 Å². The van der Waals surface area contributed by atoms with Crippen molar-refractivity contribution in [3.8, 4) is 5.75 Å². The van der Waals surface area contributed by atoms with Gasteiger partial charge in [-0.25, -0.2) is 0 Å². The van der Waals surface area contributed by atoms with Crippen molar-refractivity contribution in [3.05, 3.63) is 27.7 Å². The summed E-state index contributed by atoms with van der Waals surface area (Å²) in [6.45, 7) is 2.73. The Morgan fingerprint density at radius 3 is 2.54 bits per heavy atom. The van der Waals surface area contributed by atoms with Gasteiger partial charge in [0.2, 0.25) is 0 Å². The Balaban J connectivity index is 3.11. The number of phenols is 1. The summed E-state index contributed by atoms with van der Waals surface area (Å²) in [5.74, 6) is 0.417. The van der Waals surface area contributed by atoms with Gasteiger partial charge in [-0.3, -0.25) is 0 Å². The van der Waals surface area contributed by atoms with E-state index in [1.807, 2.05) is 26.1 Å². The third kappa shape index (κ3) is 2.45. The van der Waals surface area contributed by atoms with Gasteiger partial charge in [-0.15, -0.1) is 0 Å². The van der Waals surface area contributed by atoms with E-state index in [9.17, 15) is 5.11 Å². The highest BCUT2D eigenvalue weighted by atomic mass is 79.9. The summed E-state index contributed by atoms with van der Waals surface area (Å²) < 4.78 is 1.02.